The Morgan fingerprint density at radius 2 is 1.57 bits per heavy atom. The average molecular weight is 387 g/mol. The maximum atomic E-state index is 12.7. The van der Waals surface area contributed by atoms with E-state index in [9.17, 15) is 4.79 Å². The monoisotopic (exact) mass is 388 g/mol. The van der Waals surface area contributed by atoms with Crippen molar-refractivity contribution in [1.29, 1.82) is 0 Å². The Bertz CT molecular complexity index is 663. The van der Waals surface area contributed by atoms with Gasteiger partial charge >= 0.3 is 147 Å². The van der Waals surface area contributed by atoms with Crippen LogP contribution in [0.4, 0.5) is 0 Å². The van der Waals surface area contributed by atoms with Crippen molar-refractivity contribution in [1.82, 2.24) is 0 Å². The number of benzene rings is 2. The molecule has 0 radical (unpaired) electrons. The van der Waals surface area contributed by atoms with Crippen molar-refractivity contribution in [2.75, 3.05) is 0 Å². The molecule has 3 atom stereocenters. The summed E-state index contributed by atoms with van der Waals surface area (Å²) < 4.78 is 2.22. The van der Waals surface area contributed by atoms with Crippen LogP contribution < -0.4 is 4.46 Å². The number of carbonyl (C=O) groups excluding carboxylic acids is 1. The SMILES string of the molecule is C[Si](C)(C)C([Se]c1ccccc1)[C@@H]1C[C@H]1C(=O)c1ccccc1. The molecule has 23 heavy (non-hydrogen) atoms. The first-order valence-corrected chi connectivity index (χ1v) is 13.7. The Kier molecular flexibility index (Phi) is 4.91. The molecule has 2 aromatic rings. The van der Waals surface area contributed by atoms with Crippen molar-refractivity contribution in [2.45, 2.75) is 30.5 Å². The first-order chi connectivity index (χ1) is 11.0. The molecule has 0 spiro atoms. The predicted octanol–water partition coefficient (Wildman–Crippen LogP) is 4.20. The van der Waals surface area contributed by atoms with Crippen LogP contribution in [0, 0.1) is 11.8 Å². The van der Waals surface area contributed by atoms with E-state index in [1.54, 1.807) is 0 Å². The van der Waals surface area contributed by atoms with Crippen LogP contribution in [-0.4, -0.2) is 28.8 Å². The molecule has 1 nitrogen and oxygen atoms in total. The summed E-state index contributed by atoms with van der Waals surface area (Å²) in [5, 5.41) is 0. The van der Waals surface area contributed by atoms with Crippen molar-refractivity contribution >= 4 is 33.3 Å². The van der Waals surface area contributed by atoms with Gasteiger partial charge in [0.2, 0.25) is 0 Å². The summed E-state index contributed by atoms with van der Waals surface area (Å²) in [5.41, 5.74) is 0.890. The van der Waals surface area contributed by atoms with Crippen molar-refractivity contribution < 1.29 is 4.79 Å². The van der Waals surface area contributed by atoms with E-state index in [0.29, 0.717) is 26.7 Å². The standard InChI is InChI=1S/C20H24OSeSi/c1-23(2,3)20(22-16-12-8-5-9-13-16)18-14-17(18)19(21)15-10-6-4-7-11-15/h4-13,17-18,20H,14H2,1-3H3/t17-,18-,20?/m1/s1. The fourth-order valence-corrected chi connectivity index (χ4v) is 10.4. The molecule has 1 unspecified atom stereocenters. The van der Waals surface area contributed by atoms with E-state index in [1.807, 2.05) is 30.3 Å². The average Bonchev–Trinajstić information content (AvgIpc) is 3.33. The van der Waals surface area contributed by atoms with E-state index in [1.165, 1.54) is 4.46 Å². The molecule has 3 rings (SSSR count). The number of Topliss-reactive ketones (excluding diaryl/α,β-unsaturated/α-hetero) is 1. The van der Waals surface area contributed by atoms with Crippen LogP contribution in [0.25, 0.3) is 0 Å². The Labute approximate surface area is 146 Å². The van der Waals surface area contributed by atoms with Crippen molar-refractivity contribution in [3.05, 3.63) is 66.2 Å². The van der Waals surface area contributed by atoms with Crippen LogP contribution in [0.15, 0.2) is 60.7 Å². The van der Waals surface area contributed by atoms with Gasteiger partial charge in [-0.3, -0.25) is 0 Å². The maximum absolute atomic E-state index is 12.7. The molecule has 1 aliphatic rings. The fraction of sp³-hybridized carbons (Fsp3) is 0.350. The fourth-order valence-electron chi connectivity index (χ4n) is 3.22. The quantitative estimate of drug-likeness (QED) is 0.536. The van der Waals surface area contributed by atoms with Crippen LogP contribution in [0.1, 0.15) is 16.8 Å². The van der Waals surface area contributed by atoms with Crippen LogP contribution in [0.2, 0.25) is 24.1 Å². The molecule has 0 aromatic heterocycles. The van der Waals surface area contributed by atoms with Gasteiger partial charge in [-0.15, -0.1) is 0 Å². The van der Waals surface area contributed by atoms with Gasteiger partial charge in [-0.25, -0.2) is 0 Å². The van der Waals surface area contributed by atoms with Gasteiger partial charge in [-0.1, -0.05) is 0 Å². The van der Waals surface area contributed by atoms with Gasteiger partial charge in [-0.05, 0) is 0 Å². The van der Waals surface area contributed by atoms with Gasteiger partial charge < -0.3 is 0 Å². The van der Waals surface area contributed by atoms with E-state index in [2.05, 4.69) is 50.0 Å². The zero-order valence-electron chi connectivity index (χ0n) is 14.0. The van der Waals surface area contributed by atoms with Crippen LogP contribution in [0.5, 0.6) is 0 Å². The summed E-state index contributed by atoms with van der Waals surface area (Å²) in [6, 6.07) is 20.7. The Morgan fingerprint density at radius 3 is 2.13 bits per heavy atom. The van der Waals surface area contributed by atoms with E-state index < -0.39 is 8.07 Å². The third-order valence-corrected chi connectivity index (χ3v) is 14.1. The van der Waals surface area contributed by atoms with E-state index >= 15 is 0 Å². The first-order valence-electron chi connectivity index (χ1n) is 8.28. The summed E-state index contributed by atoms with van der Waals surface area (Å²) in [6.45, 7) is 7.39. The molecule has 1 saturated carbocycles. The van der Waals surface area contributed by atoms with Crippen LogP contribution >= 0.6 is 0 Å². The molecule has 1 aliphatic carbocycles. The van der Waals surface area contributed by atoms with Crippen LogP contribution in [0.3, 0.4) is 0 Å². The van der Waals surface area contributed by atoms with E-state index in [4.69, 9.17) is 0 Å². The summed E-state index contributed by atoms with van der Waals surface area (Å²) >= 11 is 0.474. The molecule has 0 aliphatic heterocycles. The molecule has 0 bridgehead atoms. The minimum absolute atomic E-state index is 0.264. The third kappa shape index (κ3) is 4.03. The second kappa shape index (κ2) is 6.76. The van der Waals surface area contributed by atoms with E-state index in [-0.39, 0.29) is 5.92 Å². The number of hydrogen-bond acceptors (Lipinski definition) is 1. The molecule has 0 heterocycles. The van der Waals surface area contributed by atoms with Gasteiger partial charge in [0.1, 0.15) is 0 Å². The molecule has 2 aromatic carbocycles. The van der Waals surface area contributed by atoms with Crippen molar-refractivity contribution in [3.8, 4) is 0 Å². The van der Waals surface area contributed by atoms with Gasteiger partial charge in [0.25, 0.3) is 0 Å². The predicted molar refractivity (Wildman–Crippen MR) is 101 cm³/mol. The van der Waals surface area contributed by atoms with Gasteiger partial charge in [0, 0.05) is 0 Å². The van der Waals surface area contributed by atoms with Crippen molar-refractivity contribution in [3.63, 3.8) is 0 Å². The summed E-state index contributed by atoms with van der Waals surface area (Å²) in [7, 11) is -1.28. The molecular formula is C20H24OSeSi. The molecule has 0 N–H and O–H groups in total. The van der Waals surface area contributed by atoms with Gasteiger partial charge in [-0.2, -0.15) is 0 Å². The topological polar surface area (TPSA) is 17.1 Å². The zero-order valence-corrected chi connectivity index (χ0v) is 16.7. The van der Waals surface area contributed by atoms with Crippen molar-refractivity contribution in [2.24, 2.45) is 11.8 Å². The normalized spacial score (nSPS) is 21.7. The minimum atomic E-state index is -1.28. The zero-order chi connectivity index (χ0) is 16.4. The summed E-state index contributed by atoms with van der Waals surface area (Å²) in [4.78, 5) is 12.7. The molecule has 1 fully saturated rings. The summed E-state index contributed by atoms with van der Waals surface area (Å²) in [6.07, 6.45) is 1.09. The molecular weight excluding hydrogens is 363 g/mol. The number of hydrogen-bond donors (Lipinski definition) is 0. The Hall–Kier alpha value is -1.15. The third-order valence-electron chi connectivity index (χ3n) is 4.48. The van der Waals surface area contributed by atoms with E-state index in [0.717, 1.165) is 16.4 Å². The Balaban J connectivity index is 1.74. The molecule has 0 saturated heterocycles. The Morgan fingerprint density at radius 1 is 1.00 bits per heavy atom. The number of carbonyl (C=O) groups is 1. The second-order valence-electron chi connectivity index (χ2n) is 7.45. The molecule has 3 heteroatoms. The number of rotatable bonds is 6. The van der Waals surface area contributed by atoms with Crippen LogP contribution in [-0.2, 0) is 0 Å². The number of ketones is 1. The second-order valence-corrected chi connectivity index (χ2v) is 16.3. The summed E-state index contributed by atoms with van der Waals surface area (Å²) in [5.74, 6) is 1.23. The first kappa shape index (κ1) is 16.7. The van der Waals surface area contributed by atoms with Gasteiger partial charge in [0.15, 0.2) is 0 Å². The molecule has 0 amide bonds. The molecule has 120 valence electrons. The van der Waals surface area contributed by atoms with Gasteiger partial charge in [0.05, 0.1) is 0 Å².